The van der Waals surface area contributed by atoms with Crippen LogP contribution in [0.2, 0.25) is 0 Å². The second kappa shape index (κ2) is 11.9. The Hall–Kier alpha value is -4.92. The number of rotatable bonds is 8. The number of aromatic hydroxyl groups is 1. The van der Waals surface area contributed by atoms with Crippen LogP contribution in [-0.4, -0.2) is 30.2 Å². The van der Waals surface area contributed by atoms with Crippen molar-refractivity contribution in [2.24, 2.45) is 0 Å². The van der Waals surface area contributed by atoms with Crippen molar-refractivity contribution in [3.63, 3.8) is 0 Å². The van der Waals surface area contributed by atoms with Gasteiger partial charge in [-0.2, -0.15) is 0 Å². The van der Waals surface area contributed by atoms with Crippen LogP contribution in [-0.2, 0) is 18.5 Å². The van der Waals surface area contributed by atoms with Gasteiger partial charge >= 0.3 is 6.03 Å². The lowest BCUT2D eigenvalue weighted by Crippen LogP contribution is -2.30. The van der Waals surface area contributed by atoms with E-state index in [0.717, 1.165) is 24.0 Å². The molecule has 5 rings (SSSR count). The lowest BCUT2D eigenvalue weighted by molar-refractivity contribution is 0.262. The molecule has 2 aromatic carbocycles. The Labute approximate surface area is 244 Å². The molecule has 42 heavy (non-hydrogen) atoms. The van der Waals surface area contributed by atoms with E-state index < -0.39 is 6.03 Å². The van der Waals surface area contributed by atoms with Crippen LogP contribution in [0.25, 0.3) is 22.2 Å². The number of urea groups is 1. The van der Waals surface area contributed by atoms with Gasteiger partial charge in [-0.3, -0.25) is 9.36 Å². The summed E-state index contributed by atoms with van der Waals surface area (Å²) in [5, 5.41) is 16.9. The van der Waals surface area contributed by atoms with Crippen LogP contribution in [0.15, 0.2) is 84.3 Å². The highest BCUT2D eigenvalue weighted by Gasteiger charge is 2.23. The van der Waals surface area contributed by atoms with Gasteiger partial charge < -0.3 is 20.3 Å². The monoisotopic (exact) mass is 564 g/mol. The second-order valence-electron chi connectivity index (χ2n) is 11.4. The molecule has 216 valence electrons. The van der Waals surface area contributed by atoms with E-state index in [0.29, 0.717) is 40.9 Å². The summed E-state index contributed by atoms with van der Waals surface area (Å²) >= 11 is 0. The van der Waals surface area contributed by atoms with E-state index in [1.807, 2.05) is 35.0 Å². The molecule has 9 heteroatoms. The molecule has 0 aliphatic heterocycles. The Morgan fingerprint density at radius 3 is 2.57 bits per heavy atom. The average molecular weight is 565 g/mol. The molecule has 0 unspecified atom stereocenters. The van der Waals surface area contributed by atoms with Gasteiger partial charge in [0.1, 0.15) is 17.1 Å². The van der Waals surface area contributed by atoms with E-state index in [1.54, 1.807) is 53.6 Å². The molecular weight excluding hydrogens is 528 g/mol. The smallest absolute Gasteiger partial charge is 0.323 e. The Bertz CT molecular complexity index is 1780. The van der Waals surface area contributed by atoms with Gasteiger partial charge in [-0.05, 0) is 58.9 Å². The van der Waals surface area contributed by atoms with E-state index in [1.165, 1.54) is 0 Å². The highest BCUT2D eigenvalue weighted by molar-refractivity contribution is 6.07. The molecule has 9 nitrogen and oxygen atoms in total. The fraction of sp³-hybridized carbons (Fsp3) is 0.273. The fourth-order valence-corrected chi connectivity index (χ4v) is 5.19. The molecule has 0 bridgehead atoms. The van der Waals surface area contributed by atoms with Crippen LogP contribution in [0.1, 0.15) is 51.7 Å². The number of imidazole rings is 1. The largest absolute Gasteiger partial charge is 0.508 e. The molecule has 0 aliphatic rings. The summed E-state index contributed by atoms with van der Waals surface area (Å²) in [5.74, 6) is 0.0552. The molecule has 0 aliphatic carbocycles. The highest BCUT2D eigenvalue weighted by Crippen LogP contribution is 2.35. The third-order valence-corrected chi connectivity index (χ3v) is 7.19. The number of phenolic OH excluding ortho intramolecular Hbond substituents is 1. The molecule has 2 amide bonds. The number of carbonyl (C=O) groups is 1. The van der Waals surface area contributed by atoms with Crippen molar-refractivity contribution in [1.82, 2.24) is 19.1 Å². The van der Waals surface area contributed by atoms with Gasteiger partial charge in [0.25, 0.3) is 5.56 Å². The summed E-state index contributed by atoms with van der Waals surface area (Å²) in [6.45, 7) is 9.38. The van der Waals surface area contributed by atoms with Crippen LogP contribution in [0.3, 0.4) is 0 Å². The van der Waals surface area contributed by atoms with Crippen molar-refractivity contribution < 1.29 is 9.90 Å². The third kappa shape index (κ3) is 6.05. The third-order valence-electron chi connectivity index (χ3n) is 7.19. The number of carbonyl (C=O) groups excluding carboxylic acids is 1. The van der Waals surface area contributed by atoms with Crippen molar-refractivity contribution in [3.05, 3.63) is 101 Å². The quantitative estimate of drug-likeness (QED) is 0.193. The second-order valence-corrected chi connectivity index (χ2v) is 11.4. The van der Waals surface area contributed by atoms with Crippen molar-refractivity contribution in [2.45, 2.75) is 59.0 Å². The van der Waals surface area contributed by atoms with Crippen LogP contribution in [0.5, 0.6) is 5.75 Å². The minimum atomic E-state index is -0.538. The molecule has 3 aromatic heterocycles. The number of nitrogens with one attached hydrogen (secondary N) is 2. The van der Waals surface area contributed by atoms with Crippen LogP contribution in [0, 0.1) is 0 Å². The minimum Gasteiger partial charge on any atom is -0.508 e. The van der Waals surface area contributed by atoms with Crippen molar-refractivity contribution >= 4 is 28.4 Å². The minimum absolute atomic E-state index is 0.0552. The normalized spacial score (nSPS) is 11.5. The van der Waals surface area contributed by atoms with Gasteiger partial charge in [-0.15, -0.1) is 0 Å². The van der Waals surface area contributed by atoms with E-state index >= 15 is 0 Å². The summed E-state index contributed by atoms with van der Waals surface area (Å²) in [6.07, 6.45) is 8.69. The summed E-state index contributed by atoms with van der Waals surface area (Å²) in [4.78, 5) is 36.4. The lowest BCUT2D eigenvalue weighted by Gasteiger charge is -2.24. The molecule has 0 radical (unpaired) electrons. The van der Waals surface area contributed by atoms with Crippen molar-refractivity contribution in [3.8, 4) is 16.9 Å². The summed E-state index contributed by atoms with van der Waals surface area (Å²) < 4.78 is 3.58. The lowest BCUT2D eigenvalue weighted by atomic mass is 9.85. The van der Waals surface area contributed by atoms with E-state index in [2.05, 4.69) is 48.3 Å². The van der Waals surface area contributed by atoms with Gasteiger partial charge in [0, 0.05) is 48.3 Å². The molecule has 0 fully saturated rings. The zero-order valence-electron chi connectivity index (χ0n) is 24.4. The number of hydrogen-bond acceptors (Lipinski definition) is 5. The van der Waals surface area contributed by atoms with Gasteiger partial charge in [0.05, 0.1) is 6.33 Å². The Morgan fingerprint density at radius 1 is 1.02 bits per heavy atom. The first kappa shape index (κ1) is 28.6. The fourth-order valence-electron chi connectivity index (χ4n) is 5.19. The van der Waals surface area contributed by atoms with E-state index in [-0.39, 0.29) is 22.4 Å². The molecule has 0 saturated carbocycles. The number of phenols is 1. The Morgan fingerprint density at radius 2 is 1.86 bits per heavy atom. The predicted octanol–water partition coefficient (Wildman–Crippen LogP) is 6.76. The van der Waals surface area contributed by atoms with Gasteiger partial charge in [-0.1, -0.05) is 58.4 Å². The molecule has 5 aromatic rings. The number of amides is 2. The highest BCUT2D eigenvalue weighted by atomic mass is 16.3. The number of hydrogen-bond donors (Lipinski definition) is 3. The maximum Gasteiger partial charge on any atom is 0.323 e. The molecule has 3 heterocycles. The Balaban J connectivity index is 1.60. The topological polar surface area (TPSA) is 114 Å². The number of benzene rings is 2. The standard InChI is InChI=1S/C33H36N6O3/c1-5-6-16-39-30-25(11-8-14-35-30)28(23-9-7-10-24(40)19-23)29(31(39)41)37-32(42)36-27-18-22(20-38-17-15-34-21-38)12-13-26(27)33(2,3)4/h7-15,17-19,21,40H,5-6,16,20H2,1-4H3,(H2,36,37,42). The number of unbranched alkanes of at least 4 members (excludes halogenated alkanes) is 1. The summed E-state index contributed by atoms with van der Waals surface area (Å²) in [5.41, 5.74) is 3.78. The number of anilines is 2. The first-order valence-corrected chi connectivity index (χ1v) is 14.1. The summed E-state index contributed by atoms with van der Waals surface area (Å²) in [7, 11) is 0. The van der Waals surface area contributed by atoms with E-state index in [4.69, 9.17) is 0 Å². The molecule has 0 atom stereocenters. The summed E-state index contributed by atoms with van der Waals surface area (Å²) in [6, 6.07) is 15.8. The predicted molar refractivity (Wildman–Crippen MR) is 167 cm³/mol. The van der Waals surface area contributed by atoms with Gasteiger partial charge in [-0.25, -0.2) is 14.8 Å². The molecule has 0 spiro atoms. The first-order chi connectivity index (χ1) is 20.2. The SMILES string of the molecule is CCCCn1c(=O)c(NC(=O)Nc2cc(Cn3ccnc3)ccc2C(C)(C)C)c(-c2cccc(O)c2)c2cccnc21. The number of fused-ring (bicyclic) bond motifs is 1. The number of aryl methyl sites for hydroxylation is 1. The number of aromatic nitrogens is 4. The van der Waals surface area contributed by atoms with Gasteiger partial charge in [0.2, 0.25) is 0 Å². The van der Waals surface area contributed by atoms with Crippen molar-refractivity contribution in [1.29, 1.82) is 0 Å². The average Bonchev–Trinajstić information content (AvgIpc) is 3.45. The first-order valence-electron chi connectivity index (χ1n) is 14.1. The maximum atomic E-state index is 14.0. The molecular formula is C33H36N6O3. The molecule has 3 N–H and O–H groups in total. The number of nitrogens with zero attached hydrogens (tertiary/aromatic N) is 4. The Kier molecular flexibility index (Phi) is 8.10. The van der Waals surface area contributed by atoms with Crippen LogP contribution < -0.4 is 16.2 Å². The number of pyridine rings is 2. The zero-order valence-corrected chi connectivity index (χ0v) is 24.4. The maximum absolute atomic E-state index is 14.0. The van der Waals surface area contributed by atoms with Crippen LogP contribution >= 0.6 is 0 Å². The van der Waals surface area contributed by atoms with Crippen LogP contribution in [0.4, 0.5) is 16.2 Å². The van der Waals surface area contributed by atoms with Gasteiger partial charge in [0.15, 0.2) is 0 Å². The molecule has 0 saturated heterocycles. The zero-order chi connectivity index (χ0) is 29.9. The van der Waals surface area contributed by atoms with Crippen molar-refractivity contribution in [2.75, 3.05) is 10.6 Å². The van der Waals surface area contributed by atoms with E-state index in [9.17, 15) is 14.7 Å².